The molecule has 0 aliphatic carbocycles. The van der Waals surface area contributed by atoms with Crippen molar-refractivity contribution in [2.75, 3.05) is 19.0 Å². The second kappa shape index (κ2) is 8.73. The zero-order valence-corrected chi connectivity index (χ0v) is 15.8. The summed E-state index contributed by atoms with van der Waals surface area (Å²) in [6.07, 6.45) is 1.03. The standard InChI is InChI=1S/C19H22BrNO3/c1-13-6-8-17(15(20)11-13)24-10-4-5-19(22)21-16-12-14(2)7-9-18(16)23-3/h6-9,11-12H,4-5,10H2,1-3H3,(H,21,22). The Morgan fingerprint density at radius 2 is 1.75 bits per heavy atom. The van der Waals surface area contributed by atoms with E-state index in [4.69, 9.17) is 9.47 Å². The van der Waals surface area contributed by atoms with E-state index in [1.807, 2.05) is 50.2 Å². The van der Waals surface area contributed by atoms with E-state index in [1.54, 1.807) is 7.11 Å². The van der Waals surface area contributed by atoms with Crippen molar-refractivity contribution < 1.29 is 14.3 Å². The summed E-state index contributed by atoms with van der Waals surface area (Å²) in [7, 11) is 1.59. The Hall–Kier alpha value is -2.01. The van der Waals surface area contributed by atoms with Gasteiger partial charge in [-0.15, -0.1) is 0 Å². The van der Waals surface area contributed by atoms with E-state index in [9.17, 15) is 4.79 Å². The van der Waals surface area contributed by atoms with E-state index in [0.29, 0.717) is 30.9 Å². The molecule has 0 heterocycles. The largest absolute Gasteiger partial charge is 0.495 e. The predicted octanol–water partition coefficient (Wildman–Crippen LogP) is 4.87. The normalized spacial score (nSPS) is 10.3. The summed E-state index contributed by atoms with van der Waals surface area (Å²) < 4.78 is 11.9. The van der Waals surface area contributed by atoms with Crippen molar-refractivity contribution in [2.45, 2.75) is 26.7 Å². The summed E-state index contributed by atoms with van der Waals surface area (Å²) >= 11 is 3.48. The van der Waals surface area contributed by atoms with Crippen molar-refractivity contribution in [2.24, 2.45) is 0 Å². The summed E-state index contributed by atoms with van der Waals surface area (Å²) in [6.45, 7) is 4.49. The molecule has 0 radical (unpaired) electrons. The van der Waals surface area contributed by atoms with E-state index in [-0.39, 0.29) is 5.91 Å². The molecule has 128 valence electrons. The number of carbonyl (C=O) groups excluding carboxylic acids is 1. The minimum atomic E-state index is -0.0505. The molecule has 5 heteroatoms. The molecular formula is C19H22BrNO3. The monoisotopic (exact) mass is 391 g/mol. The fraction of sp³-hybridized carbons (Fsp3) is 0.316. The number of aryl methyl sites for hydroxylation is 2. The molecule has 2 aromatic carbocycles. The first-order chi connectivity index (χ1) is 11.5. The second-order valence-corrected chi connectivity index (χ2v) is 6.49. The van der Waals surface area contributed by atoms with Crippen molar-refractivity contribution in [1.29, 1.82) is 0 Å². The van der Waals surface area contributed by atoms with Crippen LogP contribution in [0.15, 0.2) is 40.9 Å². The van der Waals surface area contributed by atoms with Crippen molar-refractivity contribution in [3.8, 4) is 11.5 Å². The summed E-state index contributed by atoms with van der Waals surface area (Å²) in [4.78, 5) is 12.1. The van der Waals surface area contributed by atoms with E-state index in [1.165, 1.54) is 5.56 Å². The van der Waals surface area contributed by atoms with Gasteiger partial charge in [0.25, 0.3) is 0 Å². The lowest BCUT2D eigenvalue weighted by Crippen LogP contribution is -2.13. The van der Waals surface area contributed by atoms with Crippen molar-refractivity contribution >= 4 is 27.5 Å². The van der Waals surface area contributed by atoms with Crippen LogP contribution in [0.3, 0.4) is 0 Å². The smallest absolute Gasteiger partial charge is 0.224 e. The van der Waals surface area contributed by atoms with E-state index in [2.05, 4.69) is 21.2 Å². The Kier molecular flexibility index (Phi) is 6.67. The number of halogens is 1. The minimum absolute atomic E-state index is 0.0505. The van der Waals surface area contributed by atoms with Gasteiger partial charge in [-0.2, -0.15) is 0 Å². The number of hydrogen-bond donors (Lipinski definition) is 1. The van der Waals surface area contributed by atoms with Gasteiger partial charge in [0, 0.05) is 6.42 Å². The third-order valence-electron chi connectivity index (χ3n) is 3.52. The van der Waals surface area contributed by atoms with Crippen LogP contribution >= 0.6 is 15.9 Å². The highest BCUT2D eigenvalue weighted by molar-refractivity contribution is 9.10. The molecule has 0 aliphatic rings. The molecule has 0 bridgehead atoms. The van der Waals surface area contributed by atoms with Crippen LogP contribution in [-0.4, -0.2) is 19.6 Å². The molecule has 2 rings (SSSR count). The van der Waals surface area contributed by atoms with Gasteiger partial charge < -0.3 is 14.8 Å². The SMILES string of the molecule is COc1ccc(C)cc1NC(=O)CCCOc1ccc(C)cc1Br. The van der Waals surface area contributed by atoms with Crippen molar-refractivity contribution in [1.82, 2.24) is 0 Å². The Labute approximate surface area is 151 Å². The average molecular weight is 392 g/mol. The molecular weight excluding hydrogens is 370 g/mol. The predicted molar refractivity (Wildman–Crippen MR) is 100.0 cm³/mol. The maximum Gasteiger partial charge on any atom is 0.224 e. The van der Waals surface area contributed by atoms with E-state index >= 15 is 0 Å². The number of anilines is 1. The lowest BCUT2D eigenvalue weighted by Gasteiger charge is -2.11. The third-order valence-corrected chi connectivity index (χ3v) is 4.14. The van der Waals surface area contributed by atoms with Crippen LogP contribution < -0.4 is 14.8 Å². The van der Waals surface area contributed by atoms with Gasteiger partial charge in [-0.1, -0.05) is 12.1 Å². The molecule has 0 unspecified atom stereocenters. The van der Waals surface area contributed by atoms with Crippen LogP contribution in [0.1, 0.15) is 24.0 Å². The van der Waals surface area contributed by atoms with Crippen molar-refractivity contribution in [3.63, 3.8) is 0 Å². The molecule has 0 aliphatic heterocycles. The fourth-order valence-corrected chi connectivity index (χ4v) is 2.88. The number of carbonyl (C=O) groups is 1. The Morgan fingerprint density at radius 3 is 2.42 bits per heavy atom. The van der Waals surface area contributed by atoms with Crippen LogP contribution in [-0.2, 0) is 4.79 Å². The van der Waals surface area contributed by atoms with Gasteiger partial charge in [0.05, 0.1) is 23.9 Å². The molecule has 0 fully saturated rings. The van der Waals surface area contributed by atoms with Gasteiger partial charge in [-0.25, -0.2) is 0 Å². The summed E-state index contributed by atoms with van der Waals surface area (Å²) in [5.41, 5.74) is 2.93. The highest BCUT2D eigenvalue weighted by Gasteiger charge is 2.08. The van der Waals surface area contributed by atoms with E-state index in [0.717, 1.165) is 15.8 Å². The van der Waals surface area contributed by atoms with Crippen LogP contribution in [0.25, 0.3) is 0 Å². The van der Waals surface area contributed by atoms with Gasteiger partial charge >= 0.3 is 0 Å². The Balaban J connectivity index is 1.80. The van der Waals surface area contributed by atoms with Crippen LogP contribution in [0.2, 0.25) is 0 Å². The maximum absolute atomic E-state index is 12.1. The number of methoxy groups -OCH3 is 1. The second-order valence-electron chi connectivity index (χ2n) is 5.64. The summed E-state index contributed by atoms with van der Waals surface area (Å²) in [5, 5.41) is 2.89. The molecule has 0 aromatic heterocycles. The molecule has 1 N–H and O–H groups in total. The molecule has 0 atom stereocenters. The summed E-state index contributed by atoms with van der Waals surface area (Å²) in [5.74, 6) is 1.40. The fourth-order valence-electron chi connectivity index (χ4n) is 2.27. The Morgan fingerprint density at radius 1 is 1.08 bits per heavy atom. The molecule has 4 nitrogen and oxygen atoms in total. The highest BCUT2D eigenvalue weighted by atomic mass is 79.9. The lowest BCUT2D eigenvalue weighted by atomic mass is 10.2. The first-order valence-corrected chi connectivity index (χ1v) is 8.62. The first-order valence-electron chi connectivity index (χ1n) is 7.83. The molecule has 2 aromatic rings. The number of benzene rings is 2. The number of hydrogen-bond acceptors (Lipinski definition) is 3. The first kappa shape index (κ1) is 18.3. The van der Waals surface area contributed by atoms with Crippen LogP contribution in [0, 0.1) is 13.8 Å². The zero-order valence-electron chi connectivity index (χ0n) is 14.2. The number of nitrogens with one attached hydrogen (secondary N) is 1. The molecule has 1 amide bonds. The molecule has 0 spiro atoms. The number of amides is 1. The number of rotatable bonds is 7. The van der Waals surface area contributed by atoms with Gasteiger partial charge in [-0.3, -0.25) is 4.79 Å². The maximum atomic E-state index is 12.1. The van der Waals surface area contributed by atoms with Gasteiger partial charge in [-0.05, 0) is 71.6 Å². The Bertz CT molecular complexity index is 716. The molecule has 24 heavy (non-hydrogen) atoms. The van der Waals surface area contributed by atoms with Crippen LogP contribution in [0.4, 0.5) is 5.69 Å². The zero-order chi connectivity index (χ0) is 17.5. The van der Waals surface area contributed by atoms with Crippen molar-refractivity contribution in [3.05, 3.63) is 52.0 Å². The van der Waals surface area contributed by atoms with E-state index < -0.39 is 0 Å². The van der Waals surface area contributed by atoms with Gasteiger partial charge in [0.1, 0.15) is 11.5 Å². The minimum Gasteiger partial charge on any atom is -0.495 e. The quantitative estimate of drug-likeness (QED) is 0.684. The summed E-state index contributed by atoms with van der Waals surface area (Å²) in [6, 6.07) is 11.6. The molecule has 0 saturated heterocycles. The van der Waals surface area contributed by atoms with Gasteiger partial charge in [0.15, 0.2) is 0 Å². The topological polar surface area (TPSA) is 47.6 Å². The molecule has 0 saturated carbocycles. The van der Waals surface area contributed by atoms with Gasteiger partial charge in [0.2, 0.25) is 5.91 Å². The lowest BCUT2D eigenvalue weighted by molar-refractivity contribution is -0.116. The number of ether oxygens (including phenoxy) is 2. The average Bonchev–Trinajstić information content (AvgIpc) is 2.53. The third kappa shape index (κ3) is 5.27. The highest BCUT2D eigenvalue weighted by Crippen LogP contribution is 2.26. The van der Waals surface area contributed by atoms with Crippen LogP contribution in [0.5, 0.6) is 11.5 Å².